The van der Waals surface area contributed by atoms with Gasteiger partial charge in [-0.1, -0.05) is 97.5 Å². The van der Waals surface area contributed by atoms with Crippen LogP contribution in [0.4, 0.5) is 0 Å². The fourth-order valence-electron chi connectivity index (χ4n) is 3.60. The summed E-state index contributed by atoms with van der Waals surface area (Å²) in [6.07, 6.45) is 2.39. The summed E-state index contributed by atoms with van der Waals surface area (Å²) in [7, 11) is -1.52. The van der Waals surface area contributed by atoms with E-state index in [1.54, 1.807) is 0 Å². The van der Waals surface area contributed by atoms with Gasteiger partial charge in [0.2, 0.25) is 0 Å². The van der Waals surface area contributed by atoms with Gasteiger partial charge in [0.05, 0.1) is 14.7 Å². The number of benzene rings is 3. The smallest absolute Gasteiger partial charge is 0.0814 e. The third-order valence-electron chi connectivity index (χ3n) is 5.02. The third-order valence-corrected chi connectivity index (χ3v) is 8.52. The predicted molar refractivity (Wildman–Crippen MR) is 107 cm³/mol. The Morgan fingerprint density at radius 3 is 2.17 bits per heavy atom. The van der Waals surface area contributed by atoms with Gasteiger partial charge in [-0.3, -0.25) is 0 Å². The van der Waals surface area contributed by atoms with Crippen LogP contribution >= 0.6 is 0 Å². The summed E-state index contributed by atoms with van der Waals surface area (Å²) >= 11 is 0. The molecule has 3 rings (SSSR count). The van der Waals surface area contributed by atoms with Crippen molar-refractivity contribution in [2.24, 2.45) is 0 Å². The van der Waals surface area contributed by atoms with Crippen LogP contribution in [-0.4, -0.2) is 13.2 Å². The maximum atomic E-state index is 9.61. The zero-order valence-electron chi connectivity index (χ0n) is 14.6. The lowest BCUT2D eigenvalue weighted by atomic mass is 10.1. The van der Waals surface area contributed by atoms with E-state index >= 15 is 0 Å². The van der Waals surface area contributed by atoms with Gasteiger partial charge in [-0.2, -0.15) is 0 Å². The van der Waals surface area contributed by atoms with Gasteiger partial charge in [0.1, 0.15) is 0 Å². The molecule has 24 heavy (non-hydrogen) atoms. The molecule has 0 radical (unpaired) electrons. The predicted octanol–water partition coefficient (Wildman–Crippen LogP) is 4.88. The quantitative estimate of drug-likeness (QED) is 0.637. The van der Waals surface area contributed by atoms with E-state index in [1.807, 2.05) is 0 Å². The Morgan fingerprint density at radius 2 is 1.46 bits per heavy atom. The van der Waals surface area contributed by atoms with Gasteiger partial charge in [0.15, 0.2) is 0 Å². The summed E-state index contributed by atoms with van der Waals surface area (Å²) in [5.74, 6) is 0. The van der Waals surface area contributed by atoms with Crippen molar-refractivity contribution in [3.8, 4) is 0 Å². The van der Waals surface area contributed by atoms with E-state index < -0.39 is 8.07 Å². The molecule has 0 unspecified atom stereocenters. The van der Waals surface area contributed by atoms with Crippen LogP contribution in [-0.2, 0) is 13.0 Å². The molecule has 0 bridgehead atoms. The first-order chi connectivity index (χ1) is 11.6. The molecule has 0 aliphatic heterocycles. The molecule has 0 aromatic heterocycles. The van der Waals surface area contributed by atoms with Crippen LogP contribution in [0.2, 0.25) is 19.1 Å². The Labute approximate surface area is 146 Å². The summed E-state index contributed by atoms with van der Waals surface area (Å²) in [5.41, 5.74) is 2.46. The summed E-state index contributed by atoms with van der Waals surface area (Å²) in [4.78, 5) is 0. The Balaban J connectivity index is 1.83. The Bertz CT molecular complexity index is 809. The molecule has 0 saturated carbocycles. The number of fused-ring (bicyclic) bond motifs is 1. The van der Waals surface area contributed by atoms with Crippen molar-refractivity contribution in [2.45, 2.75) is 38.6 Å². The van der Waals surface area contributed by atoms with Crippen LogP contribution < -0.4 is 5.19 Å². The number of aryl methyl sites for hydroxylation is 1. The Hall–Kier alpha value is -1.90. The van der Waals surface area contributed by atoms with E-state index in [2.05, 4.69) is 79.8 Å². The minimum absolute atomic E-state index is 0.108. The lowest BCUT2D eigenvalue weighted by Gasteiger charge is -2.25. The van der Waals surface area contributed by atoms with Crippen molar-refractivity contribution < 1.29 is 5.11 Å². The normalized spacial score (nSPS) is 11.8. The topological polar surface area (TPSA) is 20.2 Å². The van der Waals surface area contributed by atoms with Gasteiger partial charge in [0, 0.05) is 0 Å². The van der Waals surface area contributed by atoms with Crippen molar-refractivity contribution in [3.63, 3.8) is 0 Å². The summed E-state index contributed by atoms with van der Waals surface area (Å²) in [6.45, 7) is 5.05. The molecule has 0 fully saturated rings. The number of rotatable bonds is 6. The van der Waals surface area contributed by atoms with Crippen LogP contribution in [0.1, 0.15) is 17.5 Å². The van der Waals surface area contributed by atoms with Crippen molar-refractivity contribution in [2.75, 3.05) is 0 Å². The average molecular weight is 335 g/mol. The molecule has 2 heteroatoms. The SMILES string of the molecule is C[Si](C)(CCCc1ccccc1)c1ccc(CO)c2ccccc12. The van der Waals surface area contributed by atoms with Crippen molar-refractivity contribution in [1.82, 2.24) is 0 Å². The molecule has 0 spiro atoms. The van der Waals surface area contributed by atoms with Crippen LogP contribution in [0.3, 0.4) is 0 Å². The fourth-order valence-corrected chi connectivity index (χ4v) is 6.41. The number of aliphatic hydroxyl groups is 1. The number of hydrogen-bond acceptors (Lipinski definition) is 1. The lowest BCUT2D eigenvalue weighted by molar-refractivity contribution is 0.283. The largest absolute Gasteiger partial charge is 0.392 e. The molecule has 0 amide bonds. The Kier molecular flexibility index (Phi) is 5.17. The van der Waals surface area contributed by atoms with E-state index in [-0.39, 0.29) is 6.61 Å². The zero-order chi connectivity index (χ0) is 17.0. The maximum absolute atomic E-state index is 9.61. The van der Waals surface area contributed by atoms with Crippen LogP contribution in [0, 0.1) is 0 Å². The maximum Gasteiger partial charge on any atom is 0.0814 e. The van der Waals surface area contributed by atoms with Gasteiger partial charge in [-0.05, 0) is 28.3 Å². The van der Waals surface area contributed by atoms with E-state index in [0.717, 1.165) is 12.0 Å². The average Bonchev–Trinajstić information content (AvgIpc) is 2.61. The number of hydrogen-bond donors (Lipinski definition) is 1. The second-order valence-corrected chi connectivity index (χ2v) is 12.0. The van der Waals surface area contributed by atoms with E-state index in [0.29, 0.717) is 0 Å². The van der Waals surface area contributed by atoms with Crippen LogP contribution in [0.25, 0.3) is 10.8 Å². The molecule has 3 aromatic rings. The van der Waals surface area contributed by atoms with E-state index in [9.17, 15) is 5.11 Å². The molecular formula is C22H26OSi. The molecule has 0 saturated heterocycles. The number of aliphatic hydroxyl groups excluding tert-OH is 1. The highest BCUT2D eigenvalue weighted by molar-refractivity contribution is 6.91. The van der Waals surface area contributed by atoms with Gasteiger partial charge in [-0.25, -0.2) is 0 Å². The van der Waals surface area contributed by atoms with Gasteiger partial charge in [0.25, 0.3) is 0 Å². The molecule has 124 valence electrons. The summed E-state index contributed by atoms with van der Waals surface area (Å²) < 4.78 is 0. The monoisotopic (exact) mass is 334 g/mol. The highest BCUT2D eigenvalue weighted by Crippen LogP contribution is 2.23. The molecular weight excluding hydrogens is 308 g/mol. The second-order valence-electron chi connectivity index (χ2n) is 7.20. The van der Waals surface area contributed by atoms with E-state index in [4.69, 9.17) is 0 Å². The third kappa shape index (κ3) is 3.60. The lowest BCUT2D eigenvalue weighted by Crippen LogP contribution is -2.41. The molecule has 1 nitrogen and oxygen atoms in total. The minimum Gasteiger partial charge on any atom is -0.392 e. The molecule has 0 aliphatic rings. The van der Waals surface area contributed by atoms with Crippen molar-refractivity contribution in [3.05, 3.63) is 77.9 Å². The van der Waals surface area contributed by atoms with Gasteiger partial charge in [-0.15, -0.1) is 0 Å². The fraction of sp³-hybridized carbons (Fsp3) is 0.273. The minimum atomic E-state index is -1.52. The Morgan fingerprint density at radius 1 is 0.792 bits per heavy atom. The first-order valence-electron chi connectivity index (χ1n) is 8.78. The van der Waals surface area contributed by atoms with Crippen molar-refractivity contribution >= 4 is 24.0 Å². The summed E-state index contributed by atoms with van der Waals surface area (Å²) in [5, 5.41) is 13.7. The first kappa shape index (κ1) is 16.9. The summed E-state index contributed by atoms with van der Waals surface area (Å²) in [6, 6.07) is 25.0. The molecule has 3 aromatic carbocycles. The second kappa shape index (κ2) is 7.33. The van der Waals surface area contributed by atoms with E-state index in [1.165, 1.54) is 34.0 Å². The standard InChI is InChI=1S/C22H26OSi/c1-24(2,16-8-11-18-9-4-3-5-10-18)22-15-14-19(17-23)20-12-6-7-13-21(20)22/h3-7,9-10,12-15,23H,8,11,16-17H2,1-2H3. The van der Waals surface area contributed by atoms with Crippen LogP contribution in [0.5, 0.6) is 0 Å². The van der Waals surface area contributed by atoms with Crippen LogP contribution in [0.15, 0.2) is 66.7 Å². The van der Waals surface area contributed by atoms with Gasteiger partial charge < -0.3 is 5.11 Å². The first-order valence-corrected chi connectivity index (χ1v) is 12.0. The van der Waals surface area contributed by atoms with Crippen molar-refractivity contribution in [1.29, 1.82) is 0 Å². The molecule has 0 aliphatic carbocycles. The molecule has 0 atom stereocenters. The highest BCUT2D eigenvalue weighted by atomic mass is 28.3. The molecule has 1 N–H and O–H groups in total. The molecule has 0 heterocycles. The highest BCUT2D eigenvalue weighted by Gasteiger charge is 2.25. The van der Waals surface area contributed by atoms with Gasteiger partial charge >= 0.3 is 0 Å². The zero-order valence-corrected chi connectivity index (χ0v) is 15.6.